The molecule has 0 bridgehead atoms. The zero-order valence-electron chi connectivity index (χ0n) is 16.2. The topological polar surface area (TPSA) is 95.6 Å². The van der Waals surface area contributed by atoms with Gasteiger partial charge in [0.15, 0.2) is 0 Å². The Morgan fingerprint density at radius 3 is 2.73 bits per heavy atom. The van der Waals surface area contributed by atoms with Gasteiger partial charge in [-0.25, -0.2) is 0 Å². The summed E-state index contributed by atoms with van der Waals surface area (Å²) in [5, 5.41) is 12.6. The maximum absolute atomic E-state index is 12.7. The van der Waals surface area contributed by atoms with E-state index in [-0.39, 0.29) is 11.9 Å². The molecule has 6 heteroatoms. The summed E-state index contributed by atoms with van der Waals surface area (Å²) < 4.78 is 0. The first kappa shape index (κ1) is 20.8. The molecular weight excluding hydrogens is 344 g/mol. The Morgan fingerprint density at radius 2 is 2.15 bits per heavy atom. The van der Waals surface area contributed by atoms with Crippen LogP contribution in [0.1, 0.15) is 65.6 Å². The second-order valence-corrected chi connectivity index (χ2v) is 8.51. The Kier molecular flexibility index (Phi) is 8.00. The van der Waals surface area contributed by atoms with Crippen molar-refractivity contribution in [2.45, 2.75) is 58.4 Å². The molecule has 144 valence electrons. The highest BCUT2D eigenvalue weighted by Crippen LogP contribution is 2.28. The number of hydrogen-bond donors (Lipinski definition) is 4. The summed E-state index contributed by atoms with van der Waals surface area (Å²) in [6, 6.07) is 2.00. The summed E-state index contributed by atoms with van der Waals surface area (Å²) in [7, 11) is 1.97. The number of rotatable bonds is 8. The van der Waals surface area contributed by atoms with E-state index < -0.39 is 0 Å². The Bertz CT molecular complexity index is 659. The molecule has 1 amide bonds. The molecule has 0 spiro atoms. The minimum atomic E-state index is -0.0291. The average Bonchev–Trinajstić information content (AvgIpc) is 3.04. The molecule has 1 saturated carbocycles. The van der Waals surface area contributed by atoms with Gasteiger partial charge in [-0.05, 0) is 32.3 Å². The van der Waals surface area contributed by atoms with Crippen LogP contribution in [0.15, 0.2) is 11.6 Å². The maximum Gasteiger partial charge on any atom is 0.261 e. The molecule has 1 unspecified atom stereocenters. The van der Waals surface area contributed by atoms with Crippen LogP contribution in [0.4, 0.5) is 0 Å². The first-order valence-electron chi connectivity index (χ1n) is 9.62. The molecule has 1 fully saturated rings. The van der Waals surface area contributed by atoms with Crippen molar-refractivity contribution >= 4 is 29.2 Å². The number of amides is 1. The quantitative estimate of drug-likeness (QED) is 0.524. The average molecular weight is 378 g/mol. The number of aryl methyl sites for hydroxylation is 1. The molecular formula is C20H33N4OS+. The van der Waals surface area contributed by atoms with Gasteiger partial charge in [-0.3, -0.25) is 4.79 Å². The highest BCUT2D eigenvalue weighted by Gasteiger charge is 2.22. The lowest BCUT2D eigenvalue weighted by molar-refractivity contribution is -0.530. The number of thiophene rings is 1. The van der Waals surface area contributed by atoms with Crippen molar-refractivity contribution < 1.29 is 10.1 Å². The van der Waals surface area contributed by atoms with Crippen LogP contribution in [-0.2, 0) is 0 Å². The van der Waals surface area contributed by atoms with Crippen molar-refractivity contribution in [3.63, 3.8) is 0 Å². The monoisotopic (exact) mass is 377 g/mol. The Hall–Kier alpha value is -1.50. The summed E-state index contributed by atoms with van der Waals surface area (Å²) in [5.41, 5.74) is 8.89. The van der Waals surface area contributed by atoms with Crippen molar-refractivity contribution in [3.05, 3.63) is 27.0 Å². The molecule has 0 aromatic carbocycles. The van der Waals surface area contributed by atoms with E-state index in [2.05, 4.69) is 5.32 Å². The largest absolute Gasteiger partial charge is 0.347 e. The van der Waals surface area contributed by atoms with Gasteiger partial charge in [-0.2, -0.15) is 0 Å². The molecule has 0 aliphatic heterocycles. The molecule has 26 heavy (non-hydrogen) atoms. The molecule has 1 atom stereocenters. The molecule has 2 rings (SSSR count). The van der Waals surface area contributed by atoms with Crippen molar-refractivity contribution in [1.82, 2.24) is 5.32 Å². The van der Waals surface area contributed by atoms with E-state index in [1.54, 1.807) is 0 Å². The van der Waals surface area contributed by atoms with Crippen LogP contribution in [0.3, 0.4) is 0 Å². The number of nitrogens with two attached hydrogens (primary N) is 2. The van der Waals surface area contributed by atoms with E-state index in [0.717, 1.165) is 33.0 Å². The van der Waals surface area contributed by atoms with Gasteiger partial charge in [0.05, 0.1) is 17.5 Å². The molecule has 0 saturated heterocycles. The summed E-state index contributed by atoms with van der Waals surface area (Å²) in [5.74, 6) is 0.663. The van der Waals surface area contributed by atoms with Crippen molar-refractivity contribution in [3.8, 4) is 0 Å². The minimum absolute atomic E-state index is 0.0291. The molecule has 1 heterocycles. The van der Waals surface area contributed by atoms with Gasteiger partial charge in [0.2, 0.25) is 0 Å². The van der Waals surface area contributed by atoms with E-state index in [4.69, 9.17) is 11.1 Å². The van der Waals surface area contributed by atoms with E-state index in [1.165, 1.54) is 49.7 Å². The smallest absolute Gasteiger partial charge is 0.261 e. The maximum atomic E-state index is 12.7. The predicted octanol–water partition coefficient (Wildman–Crippen LogP) is 2.66. The SMILES string of the molecule is C[NH2+]/C(=C(/C)C=N)c1cc(C(=O)NC(CN)CC2CCCCC2)sc1C. The lowest BCUT2D eigenvalue weighted by Gasteiger charge is -2.26. The van der Waals surface area contributed by atoms with Crippen molar-refractivity contribution in [2.75, 3.05) is 13.6 Å². The minimum Gasteiger partial charge on any atom is -0.347 e. The Labute approximate surface area is 161 Å². The standard InChI is InChI=1S/C20H32N4OS/c1-13(11-21)19(23-3)17-10-18(26-14(17)2)20(25)24-16(12-22)9-15-7-5-4-6-8-15/h10-11,15-16,21,23H,4-9,12,22H2,1-3H3,(H,24,25)/p+1/b19-13-,21-11?. The summed E-state index contributed by atoms with van der Waals surface area (Å²) in [6.07, 6.45) is 8.82. The number of hydrogen-bond acceptors (Lipinski definition) is 4. The van der Waals surface area contributed by atoms with Crippen molar-refractivity contribution in [2.24, 2.45) is 11.7 Å². The third-order valence-corrected chi connectivity index (χ3v) is 6.37. The third-order valence-electron chi connectivity index (χ3n) is 5.32. The molecule has 1 aromatic rings. The highest BCUT2D eigenvalue weighted by atomic mass is 32.1. The zero-order valence-corrected chi connectivity index (χ0v) is 17.0. The number of allylic oxidation sites excluding steroid dienone is 1. The summed E-state index contributed by atoms with van der Waals surface area (Å²) in [6.45, 7) is 4.44. The number of carbonyl (C=O) groups is 1. The molecule has 1 aliphatic carbocycles. The van der Waals surface area contributed by atoms with Crippen LogP contribution in [0.2, 0.25) is 0 Å². The van der Waals surface area contributed by atoms with Gasteiger partial charge in [0.25, 0.3) is 5.91 Å². The fourth-order valence-corrected chi connectivity index (χ4v) is 4.77. The van der Waals surface area contributed by atoms with Crippen LogP contribution in [0, 0.1) is 18.3 Å². The third kappa shape index (κ3) is 5.25. The van der Waals surface area contributed by atoms with Gasteiger partial charge in [0, 0.05) is 29.3 Å². The van der Waals surface area contributed by atoms with E-state index in [1.807, 2.05) is 32.3 Å². The summed E-state index contributed by atoms with van der Waals surface area (Å²) >= 11 is 1.51. The Balaban J connectivity index is 2.09. The first-order chi connectivity index (χ1) is 12.5. The number of carbonyl (C=O) groups excluding carboxylic acids is 1. The molecule has 1 aromatic heterocycles. The molecule has 6 N–H and O–H groups in total. The number of quaternary nitrogens is 1. The van der Waals surface area contributed by atoms with Crippen LogP contribution in [0.25, 0.3) is 5.70 Å². The van der Waals surface area contributed by atoms with Gasteiger partial charge in [0.1, 0.15) is 5.70 Å². The number of nitrogens with one attached hydrogen (secondary N) is 2. The van der Waals surface area contributed by atoms with Gasteiger partial charge in [-0.15, -0.1) is 11.3 Å². The van der Waals surface area contributed by atoms with Gasteiger partial charge >= 0.3 is 0 Å². The fraction of sp³-hybridized carbons (Fsp3) is 0.600. The lowest BCUT2D eigenvalue weighted by atomic mass is 9.85. The fourth-order valence-electron chi connectivity index (χ4n) is 3.83. The van der Waals surface area contributed by atoms with Crippen LogP contribution >= 0.6 is 11.3 Å². The van der Waals surface area contributed by atoms with E-state index >= 15 is 0 Å². The van der Waals surface area contributed by atoms with E-state index in [0.29, 0.717) is 12.5 Å². The van der Waals surface area contributed by atoms with Gasteiger partial charge < -0.3 is 21.8 Å². The second-order valence-electron chi connectivity index (χ2n) is 7.26. The Morgan fingerprint density at radius 1 is 1.46 bits per heavy atom. The normalized spacial score (nSPS) is 17.5. The first-order valence-corrected chi connectivity index (χ1v) is 10.4. The van der Waals surface area contributed by atoms with Gasteiger partial charge in [-0.1, -0.05) is 32.1 Å². The zero-order chi connectivity index (χ0) is 19.1. The van der Waals surface area contributed by atoms with Crippen LogP contribution in [0.5, 0.6) is 0 Å². The molecule has 0 radical (unpaired) electrons. The van der Waals surface area contributed by atoms with Crippen molar-refractivity contribution in [1.29, 1.82) is 5.41 Å². The van der Waals surface area contributed by atoms with Crippen LogP contribution < -0.4 is 16.4 Å². The lowest BCUT2D eigenvalue weighted by Crippen LogP contribution is -2.76. The summed E-state index contributed by atoms with van der Waals surface area (Å²) in [4.78, 5) is 14.6. The van der Waals surface area contributed by atoms with Crippen LogP contribution in [-0.4, -0.2) is 31.8 Å². The molecule has 1 aliphatic rings. The highest BCUT2D eigenvalue weighted by molar-refractivity contribution is 7.14. The molecule has 5 nitrogen and oxygen atoms in total. The second kappa shape index (κ2) is 10.00. The van der Waals surface area contributed by atoms with E-state index in [9.17, 15) is 4.79 Å². The predicted molar refractivity (Wildman–Crippen MR) is 110 cm³/mol.